The smallest absolute Gasteiger partial charge is 0.193 e. The molecule has 0 spiro atoms. The van der Waals surface area contributed by atoms with Crippen molar-refractivity contribution in [2.45, 2.75) is 39.7 Å². The number of hydrogen-bond acceptors (Lipinski definition) is 4. The molecule has 0 aromatic carbocycles. The first-order valence-electron chi connectivity index (χ1n) is 8.63. The van der Waals surface area contributed by atoms with Crippen LogP contribution in [0.25, 0.3) is 0 Å². The van der Waals surface area contributed by atoms with Gasteiger partial charge in [0.25, 0.3) is 0 Å². The van der Waals surface area contributed by atoms with E-state index in [4.69, 9.17) is 0 Å². The van der Waals surface area contributed by atoms with E-state index in [9.17, 15) is 0 Å². The van der Waals surface area contributed by atoms with Gasteiger partial charge in [-0.15, -0.1) is 35.3 Å². The Morgan fingerprint density at radius 1 is 1.46 bits per heavy atom. The number of aliphatic imine (C=N–C) groups is 1. The SMILES string of the molecule is CN=C(NCCCN1CCC(C)CC1)N(C)Cc1csc(C)n1.I. The molecule has 0 unspecified atom stereocenters. The van der Waals surface area contributed by atoms with Crippen molar-refractivity contribution >= 4 is 41.3 Å². The molecule has 138 valence electrons. The molecule has 1 fully saturated rings. The van der Waals surface area contributed by atoms with E-state index in [-0.39, 0.29) is 24.0 Å². The zero-order valence-corrected chi connectivity index (χ0v) is 18.6. The summed E-state index contributed by atoms with van der Waals surface area (Å²) in [5, 5.41) is 6.71. The summed E-state index contributed by atoms with van der Waals surface area (Å²) in [5.41, 5.74) is 1.11. The van der Waals surface area contributed by atoms with Crippen molar-refractivity contribution in [3.8, 4) is 0 Å². The molecule has 7 heteroatoms. The highest BCUT2D eigenvalue weighted by Crippen LogP contribution is 2.15. The lowest BCUT2D eigenvalue weighted by molar-refractivity contribution is 0.191. The molecule has 2 heterocycles. The van der Waals surface area contributed by atoms with Crippen molar-refractivity contribution in [3.63, 3.8) is 0 Å². The molecule has 1 saturated heterocycles. The number of guanidine groups is 1. The van der Waals surface area contributed by atoms with Gasteiger partial charge in [0.15, 0.2) is 5.96 Å². The van der Waals surface area contributed by atoms with E-state index in [0.717, 1.165) is 42.1 Å². The highest BCUT2D eigenvalue weighted by molar-refractivity contribution is 14.0. The Kier molecular flexibility index (Phi) is 10.1. The summed E-state index contributed by atoms with van der Waals surface area (Å²) in [6, 6.07) is 0. The van der Waals surface area contributed by atoms with Crippen molar-refractivity contribution in [1.82, 2.24) is 20.1 Å². The second-order valence-electron chi connectivity index (χ2n) is 6.57. The van der Waals surface area contributed by atoms with Gasteiger partial charge in [-0.05, 0) is 51.7 Å². The Balaban J connectivity index is 0.00000288. The lowest BCUT2D eigenvalue weighted by Crippen LogP contribution is -2.40. The first kappa shape index (κ1) is 21.6. The van der Waals surface area contributed by atoms with Gasteiger partial charge in [0.2, 0.25) is 0 Å². The average Bonchev–Trinajstić information content (AvgIpc) is 2.94. The van der Waals surface area contributed by atoms with Gasteiger partial charge in [0.05, 0.1) is 17.2 Å². The Morgan fingerprint density at radius 2 is 2.17 bits per heavy atom. The molecule has 2 rings (SSSR count). The van der Waals surface area contributed by atoms with Gasteiger partial charge < -0.3 is 15.1 Å². The monoisotopic (exact) mass is 465 g/mol. The van der Waals surface area contributed by atoms with E-state index in [0.29, 0.717) is 0 Å². The molecule has 24 heavy (non-hydrogen) atoms. The van der Waals surface area contributed by atoms with Crippen molar-refractivity contribution in [1.29, 1.82) is 0 Å². The van der Waals surface area contributed by atoms with E-state index < -0.39 is 0 Å². The van der Waals surface area contributed by atoms with Crippen molar-refractivity contribution < 1.29 is 0 Å². The highest BCUT2D eigenvalue weighted by atomic mass is 127. The van der Waals surface area contributed by atoms with Crippen LogP contribution in [0.3, 0.4) is 0 Å². The molecule has 5 nitrogen and oxygen atoms in total. The summed E-state index contributed by atoms with van der Waals surface area (Å²) >= 11 is 1.70. The predicted molar refractivity (Wildman–Crippen MR) is 115 cm³/mol. The second-order valence-corrected chi connectivity index (χ2v) is 7.63. The fourth-order valence-electron chi connectivity index (χ4n) is 2.97. The molecule has 0 saturated carbocycles. The van der Waals surface area contributed by atoms with Crippen LogP contribution < -0.4 is 5.32 Å². The van der Waals surface area contributed by atoms with Crippen LogP contribution in [0.5, 0.6) is 0 Å². The molecule has 0 amide bonds. The van der Waals surface area contributed by atoms with Gasteiger partial charge in [-0.2, -0.15) is 0 Å². The van der Waals surface area contributed by atoms with E-state index in [1.807, 2.05) is 14.0 Å². The van der Waals surface area contributed by atoms with E-state index in [1.54, 1.807) is 11.3 Å². The Hall–Kier alpha value is -0.410. The number of aryl methyl sites for hydroxylation is 1. The number of nitrogens with one attached hydrogen (secondary N) is 1. The molecular formula is C17H32IN5S. The summed E-state index contributed by atoms with van der Waals surface area (Å²) in [4.78, 5) is 13.6. The first-order valence-corrected chi connectivity index (χ1v) is 9.51. The minimum Gasteiger partial charge on any atom is -0.356 e. The number of nitrogens with zero attached hydrogens (tertiary/aromatic N) is 4. The molecule has 0 bridgehead atoms. The number of piperidine rings is 1. The van der Waals surface area contributed by atoms with Crippen LogP contribution in [0.4, 0.5) is 0 Å². The van der Waals surface area contributed by atoms with Crippen LogP contribution in [0, 0.1) is 12.8 Å². The largest absolute Gasteiger partial charge is 0.356 e. The standard InChI is InChI=1S/C17H31N5S.HI/c1-14-6-10-22(11-7-14)9-5-8-19-17(18-3)21(4)12-16-13-23-15(2)20-16;/h13-14H,5-12H2,1-4H3,(H,18,19);1H. The van der Waals surface area contributed by atoms with E-state index in [1.165, 1.54) is 32.5 Å². The molecule has 1 aromatic heterocycles. The number of halogens is 1. The molecule has 0 atom stereocenters. The maximum Gasteiger partial charge on any atom is 0.193 e. The highest BCUT2D eigenvalue weighted by Gasteiger charge is 2.15. The van der Waals surface area contributed by atoms with E-state index in [2.05, 4.69) is 44.4 Å². The summed E-state index contributed by atoms with van der Waals surface area (Å²) < 4.78 is 0. The third kappa shape index (κ3) is 7.23. The number of hydrogen-bond donors (Lipinski definition) is 1. The third-order valence-electron chi connectivity index (χ3n) is 4.45. The molecule has 0 radical (unpaired) electrons. The van der Waals surface area contributed by atoms with Crippen LogP contribution in [-0.4, -0.2) is 61.0 Å². The molecule has 1 N–H and O–H groups in total. The van der Waals surface area contributed by atoms with Gasteiger partial charge >= 0.3 is 0 Å². The molecule has 0 aliphatic carbocycles. The first-order chi connectivity index (χ1) is 11.1. The fourth-order valence-corrected chi connectivity index (χ4v) is 3.58. The zero-order valence-electron chi connectivity index (χ0n) is 15.4. The number of rotatable bonds is 6. The van der Waals surface area contributed by atoms with Crippen LogP contribution >= 0.6 is 35.3 Å². The molecule has 1 aliphatic rings. The van der Waals surface area contributed by atoms with Crippen molar-refractivity contribution in [2.24, 2.45) is 10.9 Å². The van der Waals surface area contributed by atoms with Crippen LogP contribution in [0.1, 0.15) is 36.9 Å². The Labute approximate surface area is 168 Å². The number of aromatic nitrogens is 1. The second kappa shape index (κ2) is 11.3. The molecule has 1 aliphatic heterocycles. The zero-order chi connectivity index (χ0) is 16.7. The molecular weight excluding hydrogens is 433 g/mol. The van der Waals surface area contributed by atoms with Gasteiger partial charge in [0, 0.05) is 26.0 Å². The minimum atomic E-state index is 0. The summed E-state index contributed by atoms with van der Waals surface area (Å²) in [7, 11) is 3.91. The van der Waals surface area contributed by atoms with Crippen molar-refractivity contribution in [3.05, 3.63) is 16.1 Å². The predicted octanol–water partition coefficient (Wildman–Crippen LogP) is 3.20. The van der Waals surface area contributed by atoms with Crippen LogP contribution in [0.15, 0.2) is 10.4 Å². The van der Waals surface area contributed by atoms with Gasteiger partial charge in [-0.3, -0.25) is 4.99 Å². The number of thiazole rings is 1. The maximum atomic E-state index is 4.52. The average molecular weight is 465 g/mol. The summed E-state index contributed by atoms with van der Waals surface area (Å²) in [6.45, 7) is 9.89. The normalized spacial score (nSPS) is 16.8. The van der Waals surface area contributed by atoms with Gasteiger partial charge in [-0.1, -0.05) is 6.92 Å². The van der Waals surface area contributed by atoms with E-state index >= 15 is 0 Å². The summed E-state index contributed by atoms with van der Waals surface area (Å²) in [6.07, 6.45) is 3.87. The van der Waals surface area contributed by atoms with Crippen LogP contribution in [-0.2, 0) is 6.54 Å². The van der Waals surface area contributed by atoms with Crippen molar-refractivity contribution in [2.75, 3.05) is 40.3 Å². The number of likely N-dealkylation sites (tertiary alicyclic amines) is 1. The fraction of sp³-hybridized carbons (Fsp3) is 0.765. The lowest BCUT2D eigenvalue weighted by atomic mass is 9.99. The minimum absolute atomic E-state index is 0. The summed E-state index contributed by atoms with van der Waals surface area (Å²) in [5.74, 6) is 1.86. The quantitative estimate of drug-likeness (QED) is 0.303. The van der Waals surface area contributed by atoms with Gasteiger partial charge in [0.1, 0.15) is 0 Å². The third-order valence-corrected chi connectivity index (χ3v) is 5.27. The molecule has 1 aromatic rings. The lowest BCUT2D eigenvalue weighted by Gasteiger charge is -2.30. The Morgan fingerprint density at radius 3 is 2.75 bits per heavy atom. The van der Waals surface area contributed by atoms with Crippen LogP contribution in [0.2, 0.25) is 0 Å². The topological polar surface area (TPSA) is 43.8 Å². The van der Waals surface area contributed by atoms with Gasteiger partial charge in [-0.25, -0.2) is 4.98 Å². The maximum absolute atomic E-state index is 4.52. The Bertz CT molecular complexity index is 497.